The van der Waals surface area contributed by atoms with Crippen molar-refractivity contribution in [3.8, 4) is 0 Å². The van der Waals surface area contributed by atoms with Crippen molar-refractivity contribution in [2.75, 3.05) is 16.2 Å². The smallest absolute Gasteiger partial charge is 0.264 e. The Balaban J connectivity index is 1.85. The van der Waals surface area contributed by atoms with Gasteiger partial charge in [0.2, 0.25) is 0 Å². The number of nitrogens with zero attached hydrogens (tertiary/aromatic N) is 1. The van der Waals surface area contributed by atoms with E-state index < -0.39 is 10.0 Å². The van der Waals surface area contributed by atoms with Gasteiger partial charge < -0.3 is 5.32 Å². The molecule has 0 aliphatic heterocycles. The largest absolute Gasteiger partial charge is 0.320 e. The number of benzene rings is 3. The number of anilines is 2. The Bertz CT molecular complexity index is 1140. The van der Waals surface area contributed by atoms with E-state index in [1.807, 2.05) is 26.0 Å². The van der Waals surface area contributed by atoms with Gasteiger partial charge in [-0.25, -0.2) is 8.42 Å². The van der Waals surface area contributed by atoms with Gasteiger partial charge in [-0.05, 0) is 74.4 Å². The molecular formula is C23H23ClN2O3S. The van der Waals surface area contributed by atoms with E-state index in [9.17, 15) is 13.2 Å². The number of carbonyl (C=O) groups is 1. The van der Waals surface area contributed by atoms with E-state index in [4.69, 9.17) is 11.6 Å². The lowest BCUT2D eigenvalue weighted by atomic mass is 10.1. The minimum absolute atomic E-state index is 0.120. The molecule has 0 aromatic heterocycles. The number of amides is 1. The van der Waals surface area contributed by atoms with E-state index in [1.54, 1.807) is 37.3 Å². The molecule has 0 saturated heterocycles. The molecule has 0 saturated carbocycles. The number of para-hydroxylation sites is 1. The van der Waals surface area contributed by atoms with Crippen molar-refractivity contribution < 1.29 is 13.2 Å². The molecule has 0 unspecified atom stereocenters. The monoisotopic (exact) mass is 442 g/mol. The Morgan fingerprint density at radius 2 is 1.63 bits per heavy atom. The maximum Gasteiger partial charge on any atom is 0.264 e. The number of sulfonamides is 1. The fourth-order valence-corrected chi connectivity index (χ4v) is 5.09. The molecule has 3 aromatic carbocycles. The molecule has 0 fully saturated rings. The Kier molecular flexibility index (Phi) is 6.48. The maximum atomic E-state index is 13.1. The van der Waals surface area contributed by atoms with Crippen LogP contribution in [0.5, 0.6) is 0 Å². The zero-order valence-electron chi connectivity index (χ0n) is 17.0. The first kappa shape index (κ1) is 21.9. The molecule has 0 aliphatic rings. The molecule has 3 aromatic rings. The van der Waals surface area contributed by atoms with Gasteiger partial charge in [-0.2, -0.15) is 0 Å². The zero-order valence-corrected chi connectivity index (χ0v) is 18.6. The van der Waals surface area contributed by atoms with Crippen molar-refractivity contribution in [1.82, 2.24) is 0 Å². The first-order valence-corrected chi connectivity index (χ1v) is 11.3. The lowest BCUT2D eigenvalue weighted by Crippen LogP contribution is -2.30. The van der Waals surface area contributed by atoms with Gasteiger partial charge in [0.05, 0.1) is 21.3 Å². The van der Waals surface area contributed by atoms with E-state index >= 15 is 0 Å². The Hall–Kier alpha value is -2.83. The third kappa shape index (κ3) is 4.50. The zero-order chi connectivity index (χ0) is 21.9. The number of hydrogen-bond acceptors (Lipinski definition) is 3. The third-order valence-corrected chi connectivity index (χ3v) is 6.92. The van der Waals surface area contributed by atoms with Crippen LogP contribution in [-0.4, -0.2) is 20.9 Å². The van der Waals surface area contributed by atoms with Gasteiger partial charge >= 0.3 is 0 Å². The number of halogens is 1. The van der Waals surface area contributed by atoms with Crippen molar-refractivity contribution >= 4 is 38.9 Å². The number of carbonyl (C=O) groups excluding carboxylic acids is 1. The molecule has 156 valence electrons. The standard InChI is InChI=1S/C23H23ClN2O3S/c1-4-26(19-8-6-5-7-9-19)30(28,29)20-12-10-18(11-13-20)23(27)25-22-17(3)14-16(2)15-21(22)24/h5-15H,4H2,1-3H3,(H,25,27). The molecule has 5 nitrogen and oxygen atoms in total. The summed E-state index contributed by atoms with van der Waals surface area (Å²) >= 11 is 6.26. The summed E-state index contributed by atoms with van der Waals surface area (Å²) in [4.78, 5) is 12.8. The first-order valence-electron chi connectivity index (χ1n) is 9.50. The van der Waals surface area contributed by atoms with Gasteiger partial charge in [0, 0.05) is 12.1 Å². The topological polar surface area (TPSA) is 66.5 Å². The average Bonchev–Trinajstić information content (AvgIpc) is 2.71. The number of rotatable bonds is 6. The Morgan fingerprint density at radius 1 is 1.00 bits per heavy atom. The highest BCUT2D eigenvalue weighted by Gasteiger charge is 2.23. The third-order valence-electron chi connectivity index (χ3n) is 4.71. The fourth-order valence-electron chi connectivity index (χ4n) is 3.25. The van der Waals surface area contributed by atoms with Crippen LogP contribution in [-0.2, 0) is 10.0 Å². The highest BCUT2D eigenvalue weighted by atomic mass is 35.5. The summed E-state index contributed by atoms with van der Waals surface area (Å²) < 4.78 is 27.5. The molecule has 0 aliphatic carbocycles. The van der Waals surface area contributed by atoms with Crippen LogP contribution in [0, 0.1) is 13.8 Å². The maximum absolute atomic E-state index is 13.1. The van der Waals surface area contributed by atoms with E-state index in [1.165, 1.54) is 28.6 Å². The predicted octanol–water partition coefficient (Wildman–Crippen LogP) is 5.42. The highest BCUT2D eigenvalue weighted by molar-refractivity contribution is 7.92. The SMILES string of the molecule is CCN(c1ccccc1)S(=O)(=O)c1ccc(C(=O)Nc2c(C)cc(C)cc2Cl)cc1. The molecule has 3 rings (SSSR count). The molecule has 30 heavy (non-hydrogen) atoms. The summed E-state index contributed by atoms with van der Waals surface area (Å²) in [5, 5.41) is 3.27. The molecule has 0 radical (unpaired) electrons. The van der Waals surface area contributed by atoms with E-state index in [2.05, 4.69) is 5.32 Å². The molecule has 0 heterocycles. The number of aryl methyl sites for hydroxylation is 2. The van der Waals surface area contributed by atoms with Crippen LogP contribution in [0.1, 0.15) is 28.4 Å². The molecule has 1 N–H and O–H groups in total. The molecular weight excluding hydrogens is 420 g/mol. The number of nitrogens with one attached hydrogen (secondary N) is 1. The average molecular weight is 443 g/mol. The molecule has 0 bridgehead atoms. The second-order valence-corrected chi connectivity index (χ2v) is 9.19. The summed E-state index contributed by atoms with van der Waals surface area (Å²) in [7, 11) is -3.74. The van der Waals surface area contributed by atoms with E-state index in [0.29, 0.717) is 28.5 Å². The summed E-state index contributed by atoms with van der Waals surface area (Å²) in [5.41, 5.74) is 3.34. The van der Waals surface area contributed by atoms with Crippen molar-refractivity contribution in [3.63, 3.8) is 0 Å². The van der Waals surface area contributed by atoms with Crippen LogP contribution in [0.2, 0.25) is 5.02 Å². The predicted molar refractivity (Wildman–Crippen MR) is 122 cm³/mol. The highest BCUT2D eigenvalue weighted by Crippen LogP contribution is 2.28. The van der Waals surface area contributed by atoms with Gasteiger partial charge in [-0.3, -0.25) is 9.10 Å². The van der Waals surface area contributed by atoms with E-state index in [-0.39, 0.29) is 10.8 Å². The summed E-state index contributed by atoms with van der Waals surface area (Å²) in [6, 6.07) is 18.5. The van der Waals surface area contributed by atoms with Crippen molar-refractivity contribution in [2.45, 2.75) is 25.7 Å². The lowest BCUT2D eigenvalue weighted by molar-refractivity contribution is 0.102. The summed E-state index contributed by atoms with van der Waals surface area (Å²) in [6.07, 6.45) is 0. The second-order valence-electron chi connectivity index (χ2n) is 6.92. The van der Waals surface area contributed by atoms with E-state index in [0.717, 1.165) is 11.1 Å². The molecule has 1 amide bonds. The quantitative estimate of drug-likeness (QED) is 0.553. The van der Waals surface area contributed by atoms with Gasteiger partial charge in [0.25, 0.3) is 15.9 Å². The lowest BCUT2D eigenvalue weighted by Gasteiger charge is -2.23. The van der Waals surface area contributed by atoms with Crippen LogP contribution in [0.3, 0.4) is 0 Å². The summed E-state index contributed by atoms with van der Waals surface area (Å²) in [5.74, 6) is -0.358. The van der Waals surface area contributed by atoms with Gasteiger partial charge in [0.1, 0.15) is 0 Å². The Morgan fingerprint density at radius 3 is 2.20 bits per heavy atom. The normalized spacial score (nSPS) is 11.2. The summed E-state index contributed by atoms with van der Waals surface area (Å²) in [6.45, 7) is 5.87. The fraction of sp³-hybridized carbons (Fsp3) is 0.174. The first-order chi connectivity index (χ1) is 14.2. The Labute approximate surface area is 182 Å². The van der Waals surface area contributed by atoms with Crippen molar-refractivity contribution in [2.24, 2.45) is 0 Å². The van der Waals surface area contributed by atoms with Crippen molar-refractivity contribution in [1.29, 1.82) is 0 Å². The van der Waals surface area contributed by atoms with Crippen LogP contribution in [0.4, 0.5) is 11.4 Å². The van der Waals surface area contributed by atoms with Gasteiger partial charge in [-0.1, -0.05) is 35.9 Å². The van der Waals surface area contributed by atoms with Crippen molar-refractivity contribution in [3.05, 3.63) is 88.4 Å². The van der Waals surface area contributed by atoms with Crippen LogP contribution < -0.4 is 9.62 Å². The molecule has 0 spiro atoms. The molecule has 7 heteroatoms. The van der Waals surface area contributed by atoms with Crippen LogP contribution in [0.15, 0.2) is 71.6 Å². The van der Waals surface area contributed by atoms with Gasteiger partial charge in [0.15, 0.2) is 0 Å². The van der Waals surface area contributed by atoms with Crippen LogP contribution >= 0.6 is 11.6 Å². The minimum atomic E-state index is -3.74. The molecule has 0 atom stereocenters. The van der Waals surface area contributed by atoms with Crippen LogP contribution in [0.25, 0.3) is 0 Å². The second kappa shape index (κ2) is 8.90. The van der Waals surface area contributed by atoms with Gasteiger partial charge in [-0.15, -0.1) is 0 Å². The minimum Gasteiger partial charge on any atom is -0.320 e. The number of hydrogen-bond donors (Lipinski definition) is 1.